The van der Waals surface area contributed by atoms with Crippen molar-refractivity contribution in [1.82, 2.24) is 25.5 Å². The zero-order chi connectivity index (χ0) is 27.5. The molecule has 39 heavy (non-hydrogen) atoms. The summed E-state index contributed by atoms with van der Waals surface area (Å²) in [5, 5.41) is 25.5. The molecule has 1 fully saturated rings. The molecule has 1 aliphatic carbocycles. The normalized spacial score (nSPS) is 14.3. The summed E-state index contributed by atoms with van der Waals surface area (Å²) in [6.45, 7) is 5.42. The monoisotopic (exact) mass is 528 g/mol. The predicted molar refractivity (Wildman–Crippen MR) is 145 cm³/mol. The van der Waals surface area contributed by atoms with Gasteiger partial charge in [-0.25, -0.2) is 0 Å². The van der Waals surface area contributed by atoms with Crippen LogP contribution < -0.4 is 10.2 Å². The number of aromatic nitrogens is 4. The van der Waals surface area contributed by atoms with Crippen LogP contribution in [0.25, 0.3) is 11.6 Å². The number of hydrogen-bond donors (Lipinski definition) is 2. The van der Waals surface area contributed by atoms with Crippen molar-refractivity contribution in [2.75, 3.05) is 4.90 Å². The summed E-state index contributed by atoms with van der Waals surface area (Å²) in [6.07, 6.45) is 3.93. The van der Waals surface area contributed by atoms with E-state index in [0.717, 1.165) is 36.8 Å². The number of aryl methyl sites for hydroxylation is 3. The second-order valence-electron chi connectivity index (χ2n) is 10.1. The van der Waals surface area contributed by atoms with Crippen molar-refractivity contribution in [1.29, 1.82) is 0 Å². The van der Waals surface area contributed by atoms with Crippen molar-refractivity contribution >= 4 is 17.5 Å². The van der Waals surface area contributed by atoms with Gasteiger partial charge in [0.05, 0.1) is 0 Å². The van der Waals surface area contributed by atoms with Gasteiger partial charge in [-0.1, -0.05) is 37.1 Å². The van der Waals surface area contributed by atoms with Gasteiger partial charge in [-0.2, -0.15) is 4.80 Å². The lowest BCUT2D eigenvalue weighted by Crippen LogP contribution is -2.47. The molecule has 2 N–H and O–H groups in total. The average molecular weight is 529 g/mol. The van der Waals surface area contributed by atoms with Crippen molar-refractivity contribution in [2.45, 2.75) is 65.1 Å². The number of benzene rings is 2. The van der Waals surface area contributed by atoms with Crippen LogP contribution in [0.15, 0.2) is 59.0 Å². The summed E-state index contributed by atoms with van der Waals surface area (Å²) in [5.41, 5.74) is 2.98. The average Bonchev–Trinajstić information content (AvgIpc) is 3.68. The van der Waals surface area contributed by atoms with Crippen LogP contribution in [0.1, 0.15) is 54.2 Å². The van der Waals surface area contributed by atoms with Crippen molar-refractivity contribution in [2.24, 2.45) is 0 Å². The molecule has 4 aromatic rings. The Kier molecular flexibility index (Phi) is 7.44. The van der Waals surface area contributed by atoms with E-state index in [1.54, 1.807) is 24.3 Å². The van der Waals surface area contributed by atoms with E-state index in [1.165, 1.54) is 21.8 Å². The largest absolute Gasteiger partial charge is 0.508 e. The highest BCUT2D eigenvalue weighted by molar-refractivity contribution is 6.01. The second kappa shape index (κ2) is 11.1. The van der Waals surface area contributed by atoms with Crippen LogP contribution in [0.4, 0.5) is 5.69 Å². The minimum atomic E-state index is -0.977. The maximum absolute atomic E-state index is 14.1. The number of hydrogen-bond acceptors (Lipinski definition) is 7. The predicted octanol–water partition coefficient (Wildman–Crippen LogP) is 4.40. The third-order valence-electron chi connectivity index (χ3n) is 7.00. The molecule has 1 aliphatic rings. The van der Waals surface area contributed by atoms with Crippen LogP contribution in [0.2, 0.25) is 0 Å². The minimum Gasteiger partial charge on any atom is -0.508 e. The number of anilines is 1. The van der Waals surface area contributed by atoms with Gasteiger partial charge in [0, 0.05) is 11.7 Å². The number of aromatic hydroxyl groups is 1. The van der Waals surface area contributed by atoms with Gasteiger partial charge in [0.2, 0.25) is 11.7 Å². The van der Waals surface area contributed by atoms with Gasteiger partial charge in [-0.15, -0.1) is 10.2 Å². The third-order valence-corrected chi connectivity index (χ3v) is 7.00. The molecule has 2 amide bonds. The summed E-state index contributed by atoms with van der Waals surface area (Å²) in [4.78, 5) is 30.7. The highest BCUT2D eigenvalue weighted by Crippen LogP contribution is 2.33. The molecule has 202 valence electrons. The number of carbonyl (C=O) groups is 2. The van der Waals surface area contributed by atoms with Crippen molar-refractivity contribution in [3.05, 3.63) is 77.0 Å². The maximum Gasteiger partial charge on any atom is 0.251 e. The number of amides is 2. The SMILES string of the molecule is Cc1ccc(C)c(N(C(=O)Cn2nnc(-c3ccc(C)o3)n2)[C@@H](C(=O)NC2CCCC2)c2ccc(O)cc2)c1. The molecule has 0 spiro atoms. The van der Waals surface area contributed by atoms with Gasteiger partial charge in [-0.05, 0) is 85.8 Å². The lowest BCUT2D eigenvalue weighted by molar-refractivity contribution is -0.127. The van der Waals surface area contributed by atoms with E-state index >= 15 is 0 Å². The molecule has 10 nitrogen and oxygen atoms in total. The minimum absolute atomic E-state index is 0.0592. The molecule has 2 aromatic heterocycles. The van der Waals surface area contributed by atoms with Gasteiger partial charge in [0.1, 0.15) is 24.1 Å². The first-order valence-electron chi connectivity index (χ1n) is 13.1. The highest BCUT2D eigenvalue weighted by atomic mass is 16.3. The number of tetrazole rings is 1. The quantitative estimate of drug-likeness (QED) is 0.347. The summed E-state index contributed by atoms with van der Waals surface area (Å²) >= 11 is 0. The number of phenols is 1. The van der Waals surface area contributed by atoms with E-state index < -0.39 is 6.04 Å². The topological polar surface area (TPSA) is 126 Å². The first-order valence-corrected chi connectivity index (χ1v) is 13.1. The lowest BCUT2D eigenvalue weighted by atomic mass is 10.00. The van der Waals surface area contributed by atoms with E-state index in [2.05, 4.69) is 20.7 Å². The molecule has 1 saturated carbocycles. The van der Waals surface area contributed by atoms with Crippen molar-refractivity contribution < 1.29 is 19.1 Å². The zero-order valence-electron chi connectivity index (χ0n) is 22.3. The van der Waals surface area contributed by atoms with Crippen molar-refractivity contribution in [3.8, 4) is 17.3 Å². The summed E-state index contributed by atoms with van der Waals surface area (Å²) in [6, 6.07) is 14.8. The van der Waals surface area contributed by atoms with Crippen LogP contribution in [0.3, 0.4) is 0 Å². The van der Waals surface area contributed by atoms with Crippen LogP contribution >= 0.6 is 0 Å². The molecule has 5 rings (SSSR count). The smallest absolute Gasteiger partial charge is 0.251 e. The molecule has 0 saturated heterocycles. The van der Waals surface area contributed by atoms with E-state index in [9.17, 15) is 14.7 Å². The van der Waals surface area contributed by atoms with Crippen LogP contribution in [-0.2, 0) is 16.1 Å². The number of nitrogens with zero attached hydrogens (tertiary/aromatic N) is 5. The molecular formula is C29H32N6O4. The number of rotatable bonds is 8. The van der Waals surface area contributed by atoms with E-state index in [-0.39, 0.29) is 36.0 Å². The maximum atomic E-state index is 14.1. The van der Waals surface area contributed by atoms with Gasteiger partial charge in [0.15, 0.2) is 5.76 Å². The Morgan fingerprint density at radius 3 is 2.51 bits per heavy atom. The summed E-state index contributed by atoms with van der Waals surface area (Å²) in [7, 11) is 0. The molecular weight excluding hydrogens is 496 g/mol. The van der Waals surface area contributed by atoms with E-state index in [1.807, 2.05) is 39.0 Å². The molecule has 1 atom stereocenters. The first kappa shape index (κ1) is 26.1. The second-order valence-corrected chi connectivity index (χ2v) is 10.1. The first-order chi connectivity index (χ1) is 18.8. The molecule has 0 unspecified atom stereocenters. The van der Waals surface area contributed by atoms with Crippen LogP contribution in [-0.4, -0.2) is 43.2 Å². The molecule has 0 aliphatic heterocycles. The highest BCUT2D eigenvalue weighted by Gasteiger charge is 2.35. The number of phenolic OH excluding ortho intramolecular Hbond substituents is 1. The van der Waals surface area contributed by atoms with Gasteiger partial charge >= 0.3 is 0 Å². The zero-order valence-corrected chi connectivity index (χ0v) is 22.3. The Morgan fingerprint density at radius 2 is 1.82 bits per heavy atom. The Bertz CT molecular complexity index is 1470. The van der Waals surface area contributed by atoms with Crippen LogP contribution in [0, 0.1) is 20.8 Å². The molecule has 2 heterocycles. The summed E-state index contributed by atoms with van der Waals surface area (Å²) in [5.74, 6) is 0.844. The standard InChI is InChI=1S/C29H32N6O4/c1-18-8-9-19(2)24(16-18)35(26(37)17-34-32-28(31-33-34)25-15-10-20(3)39-25)27(21-11-13-23(36)14-12-21)29(38)30-22-6-4-5-7-22/h8-16,22,27,36H,4-7,17H2,1-3H3,(H,30,38)/t27-/m1/s1. The van der Waals surface area contributed by atoms with Crippen LogP contribution in [0.5, 0.6) is 5.75 Å². The van der Waals surface area contributed by atoms with Gasteiger partial charge in [0.25, 0.3) is 5.91 Å². The van der Waals surface area contributed by atoms with E-state index in [0.29, 0.717) is 22.8 Å². The Morgan fingerprint density at radius 1 is 1.08 bits per heavy atom. The van der Waals surface area contributed by atoms with Crippen molar-refractivity contribution in [3.63, 3.8) is 0 Å². The van der Waals surface area contributed by atoms with Gasteiger partial charge < -0.3 is 14.8 Å². The Balaban J connectivity index is 1.54. The molecule has 10 heteroatoms. The third kappa shape index (κ3) is 5.84. The fourth-order valence-corrected chi connectivity index (χ4v) is 4.98. The number of carbonyl (C=O) groups excluding carboxylic acids is 2. The fraction of sp³-hybridized carbons (Fsp3) is 0.345. The number of nitrogens with one attached hydrogen (secondary N) is 1. The molecule has 2 aromatic carbocycles. The Hall–Kier alpha value is -4.47. The fourth-order valence-electron chi connectivity index (χ4n) is 4.98. The summed E-state index contributed by atoms with van der Waals surface area (Å²) < 4.78 is 5.59. The lowest BCUT2D eigenvalue weighted by Gasteiger charge is -2.33. The molecule has 0 bridgehead atoms. The van der Waals surface area contributed by atoms with E-state index in [4.69, 9.17) is 4.42 Å². The van der Waals surface area contributed by atoms with Gasteiger partial charge in [-0.3, -0.25) is 14.5 Å². The molecule has 0 radical (unpaired) electrons. The number of furan rings is 1. The Labute approximate surface area is 226 Å².